The lowest BCUT2D eigenvalue weighted by Gasteiger charge is -2.24. The Bertz CT molecular complexity index is 616. The van der Waals surface area contributed by atoms with Gasteiger partial charge in [0, 0.05) is 31.0 Å². The summed E-state index contributed by atoms with van der Waals surface area (Å²) in [4.78, 5) is 25.4. The molecule has 2 rings (SSSR count). The fourth-order valence-electron chi connectivity index (χ4n) is 2.60. The summed E-state index contributed by atoms with van der Waals surface area (Å²) in [5.41, 5.74) is 0.394. The fraction of sp³-hybridized carbons (Fsp3) is 0.556. The van der Waals surface area contributed by atoms with Crippen LogP contribution in [0.15, 0.2) is 24.3 Å². The molecule has 4 N–H and O–H groups in total. The Labute approximate surface area is 148 Å². The van der Waals surface area contributed by atoms with Gasteiger partial charge < -0.3 is 21.1 Å². The van der Waals surface area contributed by atoms with Crippen LogP contribution in [0.2, 0.25) is 0 Å². The van der Waals surface area contributed by atoms with Crippen LogP contribution in [0, 0.1) is 5.92 Å². The van der Waals surface area contributed by atoms with Crippen LogP contribution in [0.4, 0.5) is 21.0 Å². The zero-order valence-corrected chi connectivity index (χ0v) is 15.1. The Morgan fingerprint density at radius 1 is 1.44 bits per heavy atom. The van der Waals surface area contributed by atoms with Crippen molar-refractivity contribution >= 4 is 23.4 Å². The minimum Gasteiger partial charge on any atom is -0.388 e. The van der Waals surface area contributed by atoms with E-state index in [1.54, 1.807) is 30.0 Å². The van der Waals surface area contributed by atoms with Gasteiger partial charge in [-0.05, 0) is 43.9 Å². The van der Waals surface area contributed by atoms with Crippen molar-refractivity contribution in [2.45, 2.75) is 39.2 Å². The van der Waals surface area contributed by atoms with E-state index in [1.807, 2.05) is 6.07 Å². The Kier molecular flexibility index (Phi) is 6.25. The quantitative estimate of drug-likeness (QED) is 0.610. The van der Waals surface area contributed by atoms with Crippen LogP contribution in [0.25, 0.3) is 0 Å². The summed E-state index contributed by atoms with van der Waals surface area (Å²) in [6.07, 6.45) is 1.53. The van der Waals surface area contributed by atoms with E-state index in [0.717, 1.165) is 12.1 Å². The minimum atomic E-state index is -0.933. The van der Waals surface area contributed by atoms with Gasteiger partial charge in [0.1, 0.15) is 0 Å². The topological polar surface area (TPSA) is 93.7 Å². The SMILES string of the molecule is CC(C)CC[C@](C)(O)CNC(=O)Nc1cccc(N2CCNC2=O)c1. The van der Waals surface area contributed by atoms with Gasteiger partial charge >= 0.3 is 12.1 Å². The lowest BCUT2D eigenvalue weighted by Crippen LogP contribution is -2.42. The highest BCUT2D eigenvalue weighted by Crippen LogP contribution is 2.21. The van der Waals surface area contributed by atoms with Gasteiger partial charge in [0.2, 0.25) is 0 Å². The van der Waals surface area contributed by atoms with Crippen LogP contribution in [0.3, 0.4) is 0 Å². The van der Waals surface area contributed by atoms with Crippen molar-refractivity contribution < 1.29 is 14.7 Å². The van der Waals surface area contributed by atoms with Gasteiger partial charge in [0.15, 0.2) is 0 Å². The molecule has 1 aromatic carbocycles. The van der Waals surface area contributed by atoms with Crippen LogP contribution in [-0.2, 0) is 0 Å². The molecule has 0 spiro atoms. The summed E-state index contributed by atoms with van der Waals surface area (Å²) in [6, 6.07) is 6.60. The molecule has 1 fully saturated rings. The number of benzene rings is 1. The lowest BCUT2D eigenvalue weighted by molar-refractivity contribution is 0.0481. The minimum absolute atomic E-state index is 0.136. The number of nitrogens with one attached hydrogen (secondary N) is 3. The molecule has 1 aliphatic rings. The van der Waals surface area contributed by atoms with E-state index in [4.69, 9.17) is 0 Å². The molecule has 1 aliphatic heterocycles. The smallest absolute Gasteiger partial charge is 0.321 e. The molecule has 4 amide bonds. The molecule has 1 aromatic rings. The van der Waals surface area contributed by atoms with E-state index in [-0.39, 0.29) is 18.6 Å². The number of rotatable bonds is 7. The summed E-state index contributed by atoms with van der Waals surface area (Å²) < 4.78 is 0. The van der Waals surface area contributed by atoms with Gasteiger partial charge in [-0.2, -0.15) is 0 Å². The van der Waals surface area contributed by atoms with Crippen LogP contribution in [0.5, 0.6) is 0 Å². The molecule has 0 unspecified atom stereocenters. The van der Waals surface area contributed by atoms with Gasteiger partial charge in [-0.1, -0.05) is 19.9 Å². The Balaban J connectivity index is 1.87. The molecule has 0 aromatic heterocycles. The lowest BCUT2D eigenvalue weighted by atomic mass is 9.95. The maximum atomic E-state index is 12.1. The number of carbonyl (C=O) groups is 2. The highest BCUT2D eigenvalue weighted by Gasteiger charge is 2.22. The molecular formula is C18H28N4O3. The van der Waals surface area contributed by atoms with E-state index in [9.17, 15) is 14.7 Å². The maximum Gasteiger partial charge on any atom is 0.321 e. The van der Waals surface area contributed by atoms with Crippen molar-refractivity contribution in [3.05, 3.63) is 24.3 Å². The van der Waals surface area contributed by atoms with Crippen LogP contribution in [0.1, 0.15) is 33.6 Å². The van der Waals surface area contributed by atoms with Crippen molar-refractivity contribution in [1.82, 2.24) is 10.6 Å². The summed E-state index contributed by atoms with van der Waals surface area (Å²) >= 11 is 0. The maximum absolute atomic E-state index is 12.1. The summed E-state index contributed by atoms with van der Waals surface area (Å²) in [5.74, 6) is 0.505. The first kappa shape index (κ1) is 19.1. The van der Waals surface area contributed by atoms with E-state index in [2.05, 4.69) is 29.8 Å². The number of hydrogen-bond donors (Lipinski definition) is 4. The molecule has 1 atom stereocenters. The highest BCUT2D eigenvalue weighted by atomic mass is 16.3. The molecule has 25 heavy (non-hydrogen) atoms. The average Bonchev–Trinajstić information content (AvgIpc) is 2.98. The van der Waals surface area contributed by atoms with Gasteiger partial charge in [0.05, 0.1) is 5.60 Å². The molecule has 1 saturated heterocycles. The van der Waals surface area contributed by atoms with Crippen molar-refractivity contribution in [1.29, 1.82) is 0 Å². The normalized spacial score (nSPS) is 16.5. The van der Waals surface area contributed by atoms with Crippen molar-refractivity contribution in [3.63, 3.8) is 0 Å². The molecule has 0 radical (unpaired) electrons. The van der Waals surface area contributed by atoms with Gasteiger partial charge in [-0.25, -0.2) is 9.59 Å². The zero-order chi connectivity index (χ0) is 18.4. The third-order valence-electron chi connectivity index (χ3n) is 4.16. The van der Waals surface area contributed by atoms with E-state index >= 15 is 0 Å². The van der Waals surface area contributed by atoms with Gasteiger partial charge in [-0.15, -0.1) is 0 Å². The second-order valence-corrected chi connectivity index (χ2v) is 7.17. The monoisotopic (exact) mass is 348 g/mol. The number of urea groups is 2. The third-order valence-corrected chi connectivity index (χ3v) is 4.16. The average molecular weight is 348 g/mol. The van der Waals surface area contributed by atoms with E-state index in [0.29, 0.717) is 31.1 Å². The van der Waals surface area contributed by atoms with E-state index < -0.39 is 5.60 Å². The Morgan fingerprint density at radius 2 is 2.20 bits per heavy atom. The van der Waals surface area contributed by atoms with Crippen molar-refractivity contribution in [3.8, 4) is 0 Å². The number of nitrogens with zero attached hydrogens (tertiary/aromatic N) is 1. The number of hydrogen-bond acceptors (Lipinski definition) is 3. The van der Waals surface area contributed by atoms with Gasteiger partial charge in [-0.3, -0.25) is 4.90 Å². The number of carbonyl (C=O) groups excluding carboxylic acids is 2. The second-order valence-electron chi connectivity index (χ2n) is 7.17. The first-order chi connectivity index (χ1) is 11.8. The summed E-state index contributed by atoms with van der Waals surface area (Å²) in [6.45, 7) is 7.32. The number of amides is 4. The largest absolute Gasteiger partial charge is 0.388 e. The van der Waals surface area contributed by atoms with Crippen molar-refractivity contribution in [2.75, 3.05) is 29.9 Å². The van der Waals surface area contributed by atoms with Gasteiger partial charge in [0.25, 0.3) is 0 Å². The molecular weight excluding hydrogens is 320 g/mol. The van der Waals surface area contributed by atoms with Crippen LogP contribution >= 0.6 is 0 Å². The first-order valence-electron chi connectivity index (χ1n) is 8.69. The first-order valence-corrected chi connectivity index (χ1v) is 8.69. The molecule has 7 heteroatoms. The number of anilines is 2. The molecule has 0 saturated carbocycles. The predicted octanol–water partition coefficient (Wildman–Crippen LogP) is 2.52. The molecule has 138 valence electrons. The Hall–Kier alpha value is -2.28. The fourth-order valence-corrected chi connectivity index (χ4v) is 2.60. The molecule has 1 heterocycles. The molecule has 0 bridgehead atoms. The zero-order valence-electron chi connectivity index (χ0n) is 15.1. The van der Waals surface area contributed by atoms with Crippen molar-refractivity contribution in [2.24, 2.45) is 5.92 Å². The molecule has 0 aliphatic carbocycles. The van der Waals surface area contributed by atoms with Crippen LogP contribution < -0.4 is 20.9 Å². The Morgan fingerprint density at radius 3 is 2.84 bits per heavy atom. The number of aliphatic hydroxyl groups is 1. The molecule has 7 nitrogen and oxygen atoms in total. The summed E-state index contributed by atoms with van der Waals surface area (Å²) in [7, 11) is 0. The second kappa shape index (κ2) is 8.20. The predicted molar refractivity (Wildman–Crippen MR) is 98.9 cm³/mol. The standard InChI is InChI=1S/C18H28N4O3/c1-13(2)7-8-18(3,25)12-20-16(23)21-14-5-4-6-15(11-14)22-10-9-19-17(22)24/h4-6,11,13,25H,7-10,12H2,1-3H3,(H,19,24)(H2,20,21,23)/t18-/m0/s1. The van der Waals surface area contributed by atoms with Crippen LogP contribution in [-0.4, -0.2) is 42.4 Å². The third kappa shape index (κ3) is 5.94. The highest BCUT2D eigenvalue weighted by molar-refractivity contribution is 5.95. The summed E-state index contributed by atoms with van der Waals surface area (Å²) in [5, 5.41) is 18.5. The van der Waals surface area contributed by atoms with E-state index in [1.165, 1.54) is 0 Å².